The van der Waals surface area contributed by atoms with Crippen LogP contribution in [0.3, 0.4) is 0 Å². The van der Waals surface area contributed by atoms with Crippen LogP contribution in [-0.2, 0) is 0 Å². The van der Waals surface area contributed by atoms with Gasteiger partial charge < -0.3 is 10.1 Å². The van der Waals surface area contributed by atoms with Gasteiger partial charge in [-0.25, -0.2) is 0 Å². The lowest BCUT2D eigenvalue weighted by Gasteiger charge is -2.15. The van der Waals surface area contributed by atoms with Crippen LogP contribution in [0.4, 0.5) is 0 Å². The van der Waals surface area contributed by atoms with Crippen molar-refractivity contribution in [2.24, 2.45) is 0 Å². The van der Waals surface area contributed by atoms with Gasteiger partial charge in [-0.2, -0.15) is 0 Å². The molecule has 1 aliphatic heterocycles. The van der Waals surface area contributed by atoms with E-state index in [2.05, 4.69) is 44.3 Å². The number of hydrogen-bond donors (Lipinski definition) is 1. The number of ether oxygens (including phenoxy) is 1. The molecule has 1 aromatic rings. The van der Waals surface area contributed by atoms with Crippen LogP contribution in [-0.4, -0.2) is 19.2 Å². The molecule has 0 aliphatic carbocycles. The monoisotopic (exact) mass is 233 g/mol. The average molecular weight is 233 g/mol. The van der Waals surface area contributed by atoms with E-state index in [1.807, 2.05) is 0 Å². The molecular weight excluding hydrogens is 210 g/mol. The van der Waals surface area contributed by atoms with Gasteiger partial charge in [0.05, 0.1) is 0 Å². The van der Waals surface area contributed by atoms with E-state index in [0.29, 0.717) is 12.0 Å². The van der Waals surface area contributed by atoms with E-state index in [0.717, 1.165) is 18.9 Å². The zero-order valence-electron chi connectivity index (χ0n) is 11.1. The minimum Gasteiger partial charge on any atom is -0.492 e. The van der Waals surface area contributed by atoms with Crippen LogP contribution in [0.25, 0.3) is 0 Å². The fourth-order valence-corrected chi connectivity index (χ4v) is 2.22. The summed E-state index contributed by atoms with van der Waals surface area (Å²) in [5.41, 5.74) is 2.58. The normalized spacial score (nSPS) is 19.9. The predicted molar refractivity (Wildman–Crippen MR) is 71.8 cm³/mol. The first-order valence-corrected chi connectivity index (χ1v) is 6.63. The van der Waals surface area contributed by atoms with Crippen molar-refractivity contribution in [1.29, 1.82) is 0 Å². The molecule has 2 heteroatoms. The summed E-state index contributed by atoms with van der Waals surface area (Å²) in [6.45, 7) is 8.48. The molecule has 1 saturated heterocycles. The Morgan fingerprint density at radius 3 is 2.88 bits per heavy atom. The van der Waals surface area contributed by atoms with Gasteiger partial charge in [0.1, 0.15) is 12.4 Å². The van der Waals surface area contributed by atoms with Gasteiger partial charge in [0.25, 0.3) is 0 Å². The number of hydrogen-bond acceptors (Lipinski definition) is 2. The summed E-state index contributed by atoms with van der Waals surface area (Å²) in [5, 5.41) is 3.46. The standard InChI is InChI=1S/C15H23NO/c1-11(2)13-7-6-12(3)15(9-13)17-10-14-5-4-8-16-14/h6-7,9,11,14,16H,4-5,8,10H2,1-3H3/t14-/m1/s1. The van der Waals surface area contributed by atoms with Gasteiger partial charge in [-0.05, 0) is 49.4 Å². The molecule has 1 aromatic carbocycles. The van der Waals surface area contributed by atoms with E-state index < -0.39 is 0 Å². The number of aryl methyl sites for hydroxylation is 1. The zero-order chi connectivity index (χ0) is 12.3. The summed E-state index contributed by atoms with van der Waals surface area (Å²) in [4.78, 5) is 0. The van der Waals surface area contributed by atoms with Gasteiger partial charge in [0, 0.05) is 6.04 Å². The van der Waals surface area contributed by atoms with E-state index in [1.165, 1.54) is 24.0 Å². The van der Waals surface area contributed by atoms with Crippen molar-refractivity contribution in [3.8, 4) is 5.75 Å². The van der Waals surface area contributed by atoms with Gasteiger partial charge >= 0.3 is 0 Å². The molecule has 1 atom stereocenters. The van der Waals surface area contributed by atoms with E-state index in [-0.39, 0.29) is 0 Å². The Balaban J connectivity index is 2.00. The Labute approximate surface area is 104 Å². The van der Waals surface area contributed by atoms with Crippen LogP contribution in [0.5, 0.6) is 5.75 Å². The van der Waals surface area contributed by atoms with Crippen LogP contribution in [0.1, 0.15) is 43.7 Å². The lowest BCUT2D eigenvalue weighted by atomic mass is 10.0. The van der Waals surface area contributed by atoms with Gasteiger partial charge in [-0.1, -0.05) is 26.0 Å². The molecule has 17 heavy (non-hydrogen) atoms. The van der Waals surface area contributed by atoms with Crippen molar-refractivity contribution in [3.63, 3.8) is 0 Å². The maximum absolute atomic E-state index is 5.95. The summed E-state index contributed by atoms with van der Waals surface area (Å²) < 4.78 is 5.95. The molecule has 0 unspecified atom stereocenters. The van der Waals surface area contributed by atoms with Gasteiger partial charge in [-0.3, -0.25) is 0 Å². The van der Waals surface area contributed by atoms with Crippen molar-refractivity contribution in [1.82, 2.24) is 5.32 Å². The minimum atomic E-state index is 0.539. The predicted octanol–water partition coefficient (Wildman–Crippen LogP) is 3.25. The van der Waals surface area contributed by atoms with Crippen molar-refractivity contribution >= 4 is 0 Å². The van der Waals surface area contributed by atoms with Gasteiger partial charge in [-0.15, -0.1) is 0 Å². The maximum Gasteiger partial charge on any atom is 0.122 e. The third-order valence-electron chi connectivity index (χ3n) is 3.48. The molecule has 0 spiro atoms. The van der Waals surface area contributed by atoms with Crippen molar-refractivity contribution in [2.45, 2.75) is 45.6 Å². The maximum atomic E-state index is 5.95. The molecule has 1 fully saturated rings. The molecule has 1 N–H and O–H groups in total. The summed E-state index contributed by atoms with van der Waals surface area (Å²) in [7, 11) is 0. The number of rotatable bonds is 4. The lowest BCUT2D eigenvalue weighted by Crippen LogP contribution is -2.28. The molecule has 1 heterocycles. The SMILES string of the molecule is Cc1ccc(C(C)C)cc1OC[C@H]1CCCN1. The fraction of sp³-hybridized carbons (Fsp3) is 0.600. The molecule has 94 valence electrons. The van der Waals surface area contributed by atoms with E-state index >= 15 is 0 Å². The quantitative estimate of drug-likeness (QED) is 0.862. The molecule has 0 bridgehead atoms. The Morgan fingerprint density at radius 1 is 1.41 bits per heavy atom. The van der Waals surface area contributed by atoms with Gasteiger partial charge in [0.15, 0.2) is 0 Å². The minimum absolute atomic E-state index is 0.539. The van der Waals surface area contributed by atoms with Crippen LogP contribution >= 0.6 is 0 Å². The average Bonchev–Trinajstić information content (AvgIpc) is 2.80. The second kappa shape index (κ2) is 5.54. The number of benzene rings is 1. The zero-order valence-corrected chi connectivity index (χ0v) is 11.1. The first-order valence-electron chi connectivity index (χ1n) is 6.63. The van der Waals surface area contributed by atoms with E-state index in [4.69, 9.17) is 4.74 Å². The molecule has 2 rings (SSSR count). The lowest BCUT2D eigenvalue weighted by molar-refractivity contribution is 0.275. The summed E-state index contributed by atoms with van der Waals surface area (Å²) >= 11 is 0. The van der Waals surface area contributed by atoms with Crippen LogP contribution in [0, 0.1) is 6.92 Å². The summed E-state index contributed by atoms with van der Waals surface area (Å²) in [6, 6.07) is 7.08. The molecule has 1 aliphatic rings. The summed E-state index contributed by atoms with van der Waals surface area (Å²) in [6.07, 6.45) is 2.52. The molecular formula is C15H23NO. The fourth-order valence-electron chi connectivity index (χ4n) is 2.22. The van der Waals surface area contributed by atoms with Crippen molar-refractivity contribution in [2.75, 3.05) is 13.2 Å². The Bertz CT molecular complexity index is 367. The second-order valence-electron chi connectivity index (χ2n) is 5.28. The highest BCUT2D eigenvalue weighted by Gasteiger charge is 2.15. The van der Waals surface area contributed by atoms with E-state index in [1.54, 1.807) is 0 Å². The summed E-state index contributed by atoms with van der Waals surface area (Å²) in [5.74, 6) is 1.60. The first kappa shape index (κ1) is 12.4. The molecule has 0 amide bonds. The largest absolute Gasteiger partial charge is 0.492 e. The highest BCUT2D eigenvalue weighted by atomic mass is 16.5. The highest BCUT2D eigenvalue weighted by Crippen LogP contribution is 2.24. The Kier molecular flexibility index (Phi) is 4.06. The van der Waals surface area contributed by atoms with Crippen LogP contribution < -0.4 is 10.1 Å². The topological polar surface area (TPSA) is 21.3 Å². The van der Waals surface area contributed by atoms with E-state index in [9.17, 15) is 0 Å². The van der Waals surface area contributed by atoms with Crippen LogP contribution in [0.2, 0.25) is 0 Å². The molecule has 0 aromatic heterocycles. The molecule has 0 radical (unpaired) electrons. The molecule has 2 nitrogen and oxygen atoms in total. The van der Waals surface area contributed by atoms with Crippen molar-refractivity contribution in [3.05, 3.63) is 29.3 Å². The third-order valence-corrected chi connectivity index (χ3v) is 3.48. The highest BCUT2D eigenvalue weighted by molar-refractivity contribution is 5.37. The third kappa shape index (κ3) is 3.22. The van der Waals surface area contributed by atoms with Crippen LogP contribution in [0.15, 0.2) is 18.2 Å². The van der Waals surface area contributed by atoms with Gasteiger partial charge in [0.2, 0.25) is 0 Å². The number of nitrogens with one attached hydrogen (secondary N) is 1. The second-order valence-corrected chi connectivity index (χ2v) is 5.28. The first-order chi connectivity index (χ1) is 8.16. The Morgan fingerprint density at radius 2 is 2.24 bits per heavy atom. The molecule has 0 saturated carbocycles. The Hall–Kier alpha value is -1.02. The van der Waals surface area contributed by atoms with Crippen molar-refractivity contribution < 1.29 is 4.74 Å². The smallest absolute Gasteiger partial charge is 0.122 e.